The molecule has 6 nitrogen and oxygen atoms in total. The van der Waals surface area contributed by atoms with Gasteiger partial charge in [-0.25, -0.2) is 4.98 Å². The normalized spacial score (nSPS) is 9.67. The summed E-state index contributed by atoms with van der Waals surface area (Å²) in [6.45, 7) is 1.96. The molecule has 1 heterocycles. The molecular weight excluding hydrogens is 270 g/mol. The summed E-state index contributed by atoms with van der Waals surface area (Å²) in [5.74, 6) is 5.95. The maximum Gasteiger partial charge on any atom is 0.293 e. The Hall–Kier alpha value is -2.78. The van der Waals surface area contributed by atoms with Crippen LogP contribution in [0, 0.1) is 18.8 Å². The van der Waals surface area contributed by atoms with E-state index in [1.54, 1.807) is 25.1 Å². The number of carbonyl (C=O) groups is 1. The number of hydrogen-bond donors (Lipinski definition) is 2. The van der Waals surface area contributed by atoms with E-state index in [9.17, 15) is 4.79 Å². The van der Waals surface area contributed by atoms with Crippen LogP contribution >= 0.6 is 0 Å². The van der Waals surface area contributed by atoms with Crippen molar-refractivity contribution in [2.45, 2.75) is 6.92 Å². The molecule has 2 rings (SSSR count). The number of nitrogens with two attached hydrogens (primary N) is 1. The van der Waals surface area contributed by atoms with E-state index in [2.05, 4.69) is 22.1 Å². The molecule has 0 fully saturated rings. The molecule has 1 aromatic carbocycles. The Labute approximate surface area is 122 Å². The van der Waals surface area contributed by atoms with E-state index < -0.39 is 5.91 Å². The first-order valence-electron chi connectivity index (χ1n) is 6.24. The summed E-state index contributed by atoms with van der Waals surface area (Å²) in [6.07, 6.45) is 1.23. The molecule has 108 valence electrons. The van der Waals surface area contributed by atoms with Crippen LogP contribution in [-0.2, 0) is 0 Å². The van der Waals surface area contributed by atoms with Gasteiger partial charge < -0.3 is 20.2 Å². The number of aryl methyl sites for hydroxylation is 1. The molecule has 0 saturated heterocycles. The molecule has 0 aliphatic heterocycles. The zero-order valence-corrected chi connectivity index (χ0v) is 11.8. The zero-order chi connectivity index (χ0) is 15.2. The van der Waals surface area contributed by atoms with Crippen molar-refractivity contribution in [1.29, 1.82) is 0 Å². The van der Waals surface area contributed by atoms with Gasteiger partial charge in [-0.1, -0.05) is 11.8 Å². The van der Waals surface area contributed by atoms with E-state index >= 15 is 0 Å². The lowest BCUT2D eigenvalue weighted by atomic mass is 10.2. The van der Waals surface area contributed by atoms with Gasteiger partial charge in [0, 0.05) is 5.56 Å². The third-order valence-corrected chi connectivity index (χ3v) is 2.73. The molecule has 0 saturated carbocycles. The standard InChI is InChI=1S/C15H15N3O3/c1-10-14(21-9-17-10)15(19)18-12-8-11(4-3-7-16)5-6-13(12)20-2/h5-6,8-9H,7,16H2,1-2H3,(H,18,19). The first-order chi connectivity index (χ1) is 10.2. The van der Waals surface area contributed by atoms with Gasteiger partial charge in [0.05, 0.1) is 25.0 Å². The van der Waals surface area contributed by atoms with Gasteiger partial charge in [0.2, 0.25) is 5.76 Å². The number of ether oxygens (including phenoxy) is 1. The molecule has 0 spiro atoms. The molecule has 0 bridgehead atoms. The minimum atomic E-state index is -0.396. The van der Waals surface area contributed by atoms with Crippen LogP contribution in [0.1, 0.15) is 21.8 Å². The van der Waals surface area contributed by atoms with Gasteiger partial charge in [0.15, 0.2) is 6.39 Å². The lowest BCUT2D eigenvalue weighted by molar-refractivity contribution is 0.0995. The largest absolute Gasteiger partial charge is 0.495 e. The lowest BCUT2D eigenvalue weighted by Crippen LogP contribution is -2.13. The van der Waals surface area contributed by atoms with Crippen molar-refractivity contribution >= 4 is 11.6 Å². The number of anilines is 1. The summed E-state index contributed by atoms with van der Waals surface area (Å²) >= 11 is 0. The average molecular weight is 285 g/mol. The maximum atomic E-state index is 12.1. The number of nitrogens with zero attached hydrogens (tertiary/aromatic N) is 1. The van der Waals surface area contributed by atoms with Crippen LogP contribution in [0.4, 0.5) is 5.69 Å². The number of oxazole rings is 1. The highest BCUT2D eigenvalue weighted by Gasteiger charge is 2.16. The van der Waals surface area contributed by atoms with Gasteiger partial charge in [-0.2, -0.15) is 0 Å². The van der Waals surface area contributed by atoms with Gasteiger partial charge in [-0.3, -0.25) is 4.79 Å². The van der Waals surface area contributed by atoms with Crippen molar-refractivity contribution in [1.82, 2.24) is 4.98 Å². The number of carbonyl (C=O) groups excluding carboxylic acids is 1. The van der Waals surface area contributed by atoms with Crippen LogP contribution in [-0.4, -0.2) is 24.5 Å². The Morgan fingerprint density at radius 2 is 2.33 bits per heavy atom. The second kappa shape index (κ2) is 6.59. The first kappa shape index (κ1) is 14.6. The predicted octanol–water partition coefficient (Wildman–Crippen LogP) is 1.55. The molecule has 2 aromatic rings. The molecule has 6 heteroatoms. The summed E-state index contributed by atoms with van der Waals surface area (Å²) < 4.78 is 10.3. The molecule has 0 atom stereocenters. The second-order valence-electron chi connectivity index (χ2n) is 4.14. The van der Waals surface area contributed by atoms with Crippen LogP contribution in [0.15, 0.2) is 29.0 Å². The van der Waals surface area contributed by atoms with E-state index in [0.717, 1.165) is 5.56 Å². The number of amides is 1. The monoisotopic (exact) mass is 285 g/mol. The molecule has 0 aliphatic rings. The molecule has 0 aliphatic carbocycles. The Balaban J connectivity index is 2.29. The summed E-state index contributed by atoms with van der Waals surface area (Å²) in [5.41, 5.74) is 7.09. The van der Waals surface area contributed by atoms with Gasteiger partial charge in [-0.15, -0.1) is 0 Å². The molecular formula is C15H15N3O3. The van der Waals surface area contributed by atoms with Crippen LogP contribution in [0.25, 0.3) is 0 Å². The van der Waals surface area contributed by atoms with E-state index in [0.29, 0.717) is 17.1 Å². The summed E-state index contributed by atoms with van der Waals surface area (Å²) in [6, 6.07) is 5.23. The van der Waals surface area contributed by atoms with Crippen LogP contribution in [0.2, 0.25) is 0 Å². The molecule has 3 N–H and O–H groups in total. The summed E-state index contributed by atoms with van der Waals surface area (Å²) in [7, 11) is 1.52. The smallest absolute Gasteiger partial charge is 0.293 e. The van der Waals surface area contributed by atoms with Crippen molar-refractivity contribution in [3.05, 3.63) is 41.6 Å². The fraction of sp³-hybridized carbons (Fsp3) is 0.200. The highest BCUT2D eigenvalue weighted by molar-refractivity contribution is 6.03. The fourth-order valence-corrected chi connectivity index (χ4v) is 1.74. The summed E-state index contributed by atoms with van der Waals surface area (Å²) in [5, 5.41) is 2.72. The van der Waals surface area contributed by atoms with E-state index in [1.165, 1.54) is 13.5 Å². The molecule has 0 radical (unpaired) electrons. The third-order valence-electron chi connectivity index (χ3n) is 2.73. The highest BCUT2D eigenvalue weighted by atomic mass is 16.5. The number of nitrogens with one attached hydrogen (secondary N) is 1. The van der Waals surface area contributed by atoms with Crippen molar-refractivity contribution in [2.24, 2.45) is 5.73 Å². The lowest BCUT2D eigenvalue weighted by Gasteiger charge is -2.09. The number of aromatic nitrogens is 1. The zero-order valence-electron chi connectivity index (χ0n) is 11.8. The van der Waals surface area contributed by atoms with Gasteiger partial charge in [0.1, 0.15) is 5.75 Å². The van der Waals surface area contributed by atoms with Gasteiger partial charge in [-0.05, 0) is 25.1 Å². The Morgan fingerprint density at radius 1 is 1.52 bits per heavy atom. The van der Waals surface area contributed by atoms with Crippen molar-refractivity contribution in [3.63, 3.8) is 0 Å². The van der Waals surface area contributed by atoms with Gasteiger partial charge >= 0.3 is 0 Å². The second-order valence-corrected chi connectivity index (χ2v) is 4.14. The summed E-state index contributed by atoms with van der Waals surface area (Å²) in [4.78, 5) is 16.0. The maximum absolute atomic E-state index is 12.1. The molecule has 0 unspecified atom stereocenters. The Morgan fingerprint density at radius 3 is 2.95 bits per heavy atom. The van der Waals surface area contributed by atoms with Crippen molar-refractivity contribution in [3.8, 4) is 17.6 Å². The minimum absolute atomic E-state index is 0.162. The number of methoxy groups -OCH3 is 1. The molecule has 21 heavy (non-hydrogen) atoms. The first-order valence-corrected chi connectivity index (χ1v) is 6.24. The average Bonchev–Trinajstić information content (AvgIpc) is 2.91. The van der Waals surface area contributed by atoms with Crippen LogP contribution < -0.4 is 15.8 Å². The Bertz CT molecular complexity index is 710. The fourth-order valence-electron chi connectivity index (χ4n) is 1.74. The predicted molar refractivity (Wildman–Crippen MR) is 78.1 cm³/mol. The van der Waals surface area contributed by atoms with E-state index in [1.807, 2.05) is 0 Å². The highest BCUT2D eigenvalue weighted by Crippen LogP contribution is 2.26. The third kappa shape index (κ3) is 3.41. The molecule has 1 amide bonds. The SMILES string of the molecule is COc1ccc(C#CCN)cc1NC(=O)c1ocnc1C. The molecule has 1 aromatic heterocycles. The van der Waals surface area contributed by atoms with Crippen LogP contribution in [0.5, 0.6) is 5.75 Å². The van der Waals surface area contributed by atoms with Gasteiger partial charge in [0.25, 0.3) is 5.91 Å². The van der Waals surface area contributed by atoms with Crippen LogP contribution in [0.3, 0.4) is 0 Å². The number of benzene rings is 1. The van der Waals surface area contributed by atoms with E-state index in [-0.39, 0.29) is 12.3 Å². The quantitative estimate of drug-likeness (QED) is 0.835. The topological polar surface area (TPSA) is 90.4 Å². The number of hydrogen-bond acceptors (Lipinski definition) is 5. The van der Waals surface area contributed by atoms with E-state index in [4.69, 9.17) is 14.9 Å². The minimum Gasteiger partial charge on any atom is -0.495 e. The Kier molecular flexibility index (Phi) is 4.59. The van der Waals surface area contributed by atoms with Crippen molar-refractivity contribution < 1.29 is 13.9 Å². The number of rotatable bonds is 3. The van der Waals surface area contributed by atoms with Crippen molar-refractivity contribution in [2.75, 3.05) is 19.0 Å².